The minimum absolute atomic E-state index is 0.0218. The predicted molar refractivity (Wildman–Crippen MR) is 240 cm³/mol. The molecule has 10 atom stereocenters. The van der Waals surface area contributed by atoms with Crippen LogP contribution in [0.5, 0.6) is 6.01 Å². The van der Waals surface area contributed by atoms with Crippen molar-refractivity contribution in [3.05, 3.63) is 63.6 Å². The Balaban J connectivity index is 1.09. The highest BCUT2D eigenvalue weighted by atomic mass is 32.2. The molecule has 11 nitrogen and oxygen atoms in total. The summed E-state index contributed by atoms with van der Waals surface area (Å²) in [5.41, 5.74) is 0.571. The molecule has 4 saturated carbocycles. The number of aromatic nitrogens is 2. The Morgan fingerprint density at radius 1 is 0.934 bits per heavy atom. The molecule has 0 spiro atoms. The van der Waals surface area contributed by atoms with Gasteiger partial charge in [0.1, 0.15) is 17.6 Å². The summed E-state index contributed by atoms with van der Waals surface area (Å²) in [6, 6.07) is 1.91. The Morgan fingerprint density at radius 3 is 2.26 bits per heavy atom. The molecule has 2 heterocycles. The van der Waals surface area contributed by atoms with Crippen molar-refractivity contribution in [1.29, 1.82) is 0 Å². The number of rotatable bonds is 10. The van der Waals surface area contributed by atoms with Crippen molar-refractivity contribution >= 4 is 15.8 Å². The summed E-state index contributed by atoms with van der Waals surface area (Å²) in [7, 11) is -2.94. The first-order valence-corrected chi connectivity index (χ1v) is 24.8. The van der Waals surface area contributed by atoms with Crippen LogP contribution in [0.3, 0.4) is 0 Å². The van der Waals surface area contributed by atoms with Crippen LogP contribution >= 0.6 is 0 Å². The lowest BCUT2D eigenvalue weighted by molar-refractivity contribution is -0.219. The zero-order chi connectivity index (χ0) is 43.9. The molecule has 0 radical (unpaired) electrons. The van der Waals surface area contributed by atoms with Gasteiger partial charge in [-0.2, -0.15) is 0 Å². The van der Waals surface area contributed by atoms with E-state index in [9.17, 15) is 18.3 Å². The molecule has 1 unspecified atom stereocenters. The zero-order valence-electron chi connectivity index (χ0n) is 37.6. The number of fused-ring (bicyclic) bond motifs is 7. The average Bonchev–Trinajstić information content (AvgIpc) is 3.57. The van der Waals surface area contributed by atoms with Gasteiger partial charge in [0.2, 0.25) is 0 Å². The standard InChI is InChI=1S/C49H69N6O5S/c1-34(2)36-14-21-47(54-27-28-55-29-31-61(58,59)32-30-55)24-23-43(5)39(49(36,47)51-9)16-22-48(50-8)44(6)17-13-37(42(3,4)38(44)15-18-45(43,48)7)35-11-19-46(20-12-35,40(56)57)33-60-41-52-25-10-26-53-41/h8-11,13,25-26,36,38-39,54H,1,12,14-24,27-33H2,2-7H3/q+1/p+1/t36-,38-,39-,43+,44-,45-,46?,47-,48-,49-/m0/s1. The second-order valence-electron chi connectivity index (χ2n) is 21.6. The van der Waals surface area contributed by atoms with Crippen LogP contribution in [0, 0.1) is 58.0 Å². The highest BCUT2D eigenvalue weighted by molar-refractivity contribution is 7.91. The molecule has 330 valence electrons. The molecule has 5 fully saturated rings. The maximum atomic E-state index is 12.8. The quantitative estimate of drug-likeness (QED) is 0.223. The smallest absolute Gasteiger partial charge is 0.316 e. The van der Waals surface area contributed by atoms with E-state index in [-0.39, 0.29) is 63.2 Å². The van der Waals surface area contributed by atoms with E-state index in [1.807, 2.05) is 0 Å². The van der Waals surface area contributed by atoms with Crippen LogP contribution in [0.25, 0.3) is 9.69 Å². The predicted octanol–water partition coefficient (Wildman–Crippen LogP) is 8.47. The van der Waals surface area contributed by atoms with Crippen LogP contribution < -0.4 is 10.1 Å². The number of carbonyl (C=O) groups is 1. The first-order chi connectivity index (χ1) is 28.8. The first kappa shape index (κ1) is 44.0. The van der Waals surface area contributed by atoms with Gasteiger partial charge < -0.3 is 20.1 Å². The Morgan fingerprint density at radius 2 is 1.64 bits per heavy atom. The van der Waals surface area contributed by atoms with E-state index >= 15 is 0 Å². The fourth-order valence-corrected chi connectivity index (χ4v) is 17.1. The highest BCUT2D eigenvalue weighted by Gasteiger charge is 2.87. The number of hydrogen-bond acceptors (Lipinski definition) is 8. The zero-order valence-corrected chi connectivity index (χ0v) is 38.5. The summed E-state index contributed by atoms with van der Waals surface area (Å²) in [6.45, 7) is 35.6. The summed E-state index contributed by atoms with van der Waals surface area (Å²) in [5.74, 6) is 0.252. The molecule has 0 bridgehead atoms. The molecule has 1 aromatic rings. The molecular weight excluding hydrogens is 785 g/mol. The number of ether oxygens (including phenoxy) is 1. The second kappa shape index (κ2) is 15.0. The molecule has 61 heavy (non-hydrogen) atoms. The van der Waals surface area contributed by atoms with E-state index in [2.05, 4.69) is 80.5 Å². The van der Waals surface area contributed by atoms with Gasteiger partial charge in [0.05, 0.1) is 34.2 Å². The SMILES string of the molecule is C#[N+][C@@]12[C@H]3CC[C@@]4([N+]#C)[C@@](C)(CC[C@H]5C(C)(C)C(C6=CCC(COc7ncccn7)(C(=O)O)CC6)=CC[C@@]54C)[C@]3(C)CC[C@@]1(NCCN1CCS(=O)(=O)CC1)CC[C@H]2C(=C)C. The van der Waals surface area contributed by atoms with Crippen LogP contribution in [-0.2, 0) is 14.6 Å². The average molecular weight is 855 g/mol. The second-order valence-corrected chi connectivity index (χ2v) is 23.9. The lowest BCUT2D eigenvalue weighted by Gasteiger charge is -2.70. The third-order valence-corrected chi connectivity index (χ3v) is 20.8. The maximum Gasteiger partial charge on any atom is 0.316 e. The van der Waals surface area contributed by atoms with Gasteiger partial charge in [-0.1, -0.05) is 68.6 Å². The molecule has 7 aliphatic rings. The molecule has 1 aromatic heterocycles. The third kappa shape index (κ3) is 6.18. The number of aliphatic carboxylic acids is 1. The van der Waals surface area contributed by atoms with E-state index in [1.165, 1.54) is 11.1 Å². The molecule has 1 saturated heterocycles. The van der Waals surface area contributed by atoms with Gasteiger partial charge >= 0.3 is 17.5 Å². The fourth-order valence-electron chi connectivity index (χ4n) is 15.8. The maximum absolute atomic E-state index is 12.8. The molecular formula is C49H70N6O5S+2. The van der Waals surface area contributed by atoms with Crippen molar-refractivity contribution in [2.75, 3.05) is 44.3 Å². The van der Waals surface area contributed by atoms with Crippen molar-refractivity contribution in [2.45, 2.75) is 135 Å². The Hall–Kier alpha value is -3.58. The first-order valence-electron chi connectivity index (χ1n) is 23.0. The molecule has 0 aromatic carbocycles. The van der Waals surface area contributed by atoms with Crippen LogP contribution in [0.15, 0.2) is 53.9 Å². The fraction of sp³-hybridized carbons (Fsp3) is 0.735. The van der Waals surface area contributed by atoms with Crippen LogP contribution in [0.1, 0.15) is 119 Å². The van der Waals surface area contributed by atoms with E-state index in [0.29, 0.717) is 38.3 Å². The number of carboxylic acid groups (broad SMARTS) is 1. The number of allylic oxidation sites excluding steroid dienone is 4. The Labute approximate surface area is 364 Å². The van der Waals surface area contributed by atoms with E-state index < -0.39 is 32.3 Å². The number of nitrogens with zero attached hydrogens (tertiary/aromatic N) is 5. The van der Waals surface area contributed by atoms with Crippen molar-refractivity contribution < 1.29 is 23.1 Å². The summed E-state index contributed by atoms with van der Waals surface area (Å²) in [6.07, 6.45) is 18.0. The molecule has 2 N–H and O–H groups in total. The lowest BCUT2D eigenvalue weighted by atomic mass is 9.29. The molecule has 12 heteroatoms. The molecule has 1 aliphatic heterocycles. The normalized spacial score (nSPS) is 42.5. The number of hydrogen-bond donors (Lipinski definition) is 2. The van der Waals surface area contributed by atoms with E-state index in [4.69, 9.17) is 27.6 Å². The third-order valence-electron chi connectivity index (χ3n) is 19.2. The number of carboxylic acids is 1. The summed E-state index contributed by atoms with van der Waals surface area (Å²) in [4.78, 5) is 33.7. The Bertz CT molecular complexity index is 2200. The topological polar surface area (TPSA) is 130 Å². The van der Waals surface area contributed by atoms with Crippen LogP contribution in [0.2, 0.25) is 0 Å². The lowest BCUT2D eigenvalue weighted by Crippen LogP contribution is -2.78. The van der Waals surface area contributed by atoms with Crippen molar-refractivity contribution in [1.82, 2.24) is 20.2 Å². The van der Waals surface area contributed by atoms with Gasteiger partial charge in [0, 0.05) is 45.0 Å². The van der Waals surface area contributed by atoms with Gasteiger partial charge in [-0.25, -0.2) is 18.4 Å². The van der Waals surface area contributed by atoms with Crippen molar-refractivity contribution in [3.63, 3.8) is 0 Å². The summed E-state index contributed by atoms with van der Waals surface area (Å²) >= 11 is 0. The Kier molecular flexibility index (Phi) is 10.8. The van der Waals surface area contributed by atoms with Gasteiger partial charge in [0.15, 0.2) is 9.84 Å². The van der Waals surface area contributed by atoms with Crippen LogP contribution in [-0.4, -0.2) is 95.3 Å². The minimum atomic E-state index is -2.94. The molecule has 6 aliphatic carbocycles. The summed E-state index contributed by atoms with van der Waals surface area (Å²) < 4.78 is 30.2. The van der Waals surface area contributed by atoms with Crippen molar-refractivity contribution in [2.24, 2.45) is 44.8 Å². The van der Waals surface area contributed by atoms with Crippen molar-refractivity contribution in [3.8, 4) is 19.2 Å². The largest absolute Gasteiger partial charge is 0.481 e. The van der Waals surface area contributed by atoms with Gasteiger partial charge in [-0.05, 0) is 112 Å². The number of sulfone groups is 1. The van der Waals surface area contributed by atoms with E-state index in [1.54, 1.807) is 18.5 Å². The van der Waals surface area contributed by atoms with Gasteiger partial charge in [-0.15, -0.1) is 0 Å². The molecule has 0 amide bonds. The van der Waals surface area contributed by atoms with Crippen LogP contribution in [0.4, 0.5) is 0 Å². The number of nitrogens with one attached hydrogen (secondary N) is 1. The monoisotopic (exact) mass is 855 g/mol. The van der Waals surface area contributed by atoms with Gasteiger partial charge in [0.25, 0.3) is 18.7 Å². The van der Waals surface area contributed by atoms with Gasteiger partial charge in [-0.3, -0.25) is 4.79 Å². The highest BCUT2D eigenvalue weighted by Crippen LogP contribution is 2.80. The summed E-state index contributed by atoms with van der Waals surface area (Å²) in [5, 5.41) is 14.6. The minimum Gasteiger partial charge on any atom is -0.481 e. The van der Waals surface area contributed by atoms with E-state index in [0.717, 1.165) is 76.5 Å². The molecule has 8 rings (SSSR count).